The second kappa shape index (κ2) is 5.00. The molecule has 12 heavy (non-hydrogen) atoms. The second-order valence-electron chi connectivity index (χ2n) is 2.85. The molecule has 0 aromatic carbocycles. The monoisotopic (exact) mass is 248 g/mol. The summed E-state index contributed by atoms with van der Waals surface area (Å²) in [4.78, 5) is 1.25. The fraction of sp³-hybridized carbons (Fsp3) is 0.556. The Bertz CT molecular complexity index is 234. The third kappa shape index (κ3) is 3.25. The molecule has 0 fully saturated rings. The number of thiophene rings is 1. The van der Waals surface area contributed by atoms with Crippen LogP contribution < -0.4 is 0 Å². The Kier molecular flexibility index (Phi) is 4.26. The lowest BCUT2D eigenvalue weighted by Crippen LogP contribution is -2.08. The third-order valence-corrected chi connectivity index (χ3v) is 3.33. The van der Waals surface area contributed by atoms with Crippen molar-refractivity contribution < 1.29 is 5.11 Å². The van der Waals surface area contributed by atoms with Gasteiger partial charge in [0.2, 0.25) is 0 Å². The Balaban J connectivity index is 2.41. The standard InChI is InChI=1S/C9H13BrOS/c1-2-3-7(11)6-8-4-5-9(10)12-8/h4-5,7,11H,2-3,6H2,1H3. The van der Waals surface area contributed by atoms with E-state index < -0.39 is 0 Å². The maximum atomic E-state index is 9.50. The van der Waals surface area contributed by atoms with Crippen molar-refractivity contribution in [2.75, 3.05) is 0 Å². The van der Waals surface area contributed by atoms with E-state index in [0.29, 0.717) is 0 Å². The minimum atomic E-state index is -0.166. The van der Waals surface area contributed by atoms with Crippen LogP contribution >= 0.6 is 27.3 Å². The van der Waals surface area contributed by atoms with Crippen molar-refractivity contribution in [3.63, 3.8) is 0 Å². The van der Waals surface area contributed by atoms with Crippen LogP contribution in [0, 0.1) is 0 Å². The van der Waals surface area contributed by atoms with Gasteiger partial charge in [-0.05, 0) is 34.5 Å². The Morgan fingerprint density at radius 3 is 2.83 bits per heavy atom. The molecule has 0 aliphatic heterocycles. The molecule has 1 N–H and O–H groups in total. The number of rotatable bonds is 4. The topological polar surface area (TPSA) is 20.2 Å². The highest BCUT2D eigenvalue weighted by molar-refractivity contribution is 9.11. The molecule has 3 heteroatoms. The van der Waals surface area contributed by atoms with Gasteiger partial charge in [0.1, 0.15) is 0 Å². The van der Waals surface area contributed by atoms with Gasteiger partial charge in [0.05, 0.1) is 9.89 Å². The molecule has 0 saturated heterocycles. The molecule has 0 radical (unpaired) electrons. The molecule has 1 aromatic rings. The van der Waals surface area contributed by atoms with Crippen molar-refractivity contribution in [2.24, 2.45) is 0 Å². The van der Waals surface area contributed by atoms with Crippen molar-refractivity contribution in [2.45, 2.75) is 32.3 Å². The predicted molar refractivity (Wildman–Crippen MR) is 56.6 cm³/mol. The molecule has 1 rings (SSSR count). The van der Waals surface area contributed by atoms with E-state index in [1.807, 2.05) is 6.07 Å². The van der Waals surface area contributed by atoms with Crippen LogP contribution in [0.5, 0.6) is 0 Å². The van der Waals surface area contributed by atoms with Crippen molar-refractivity contribution in [1.29, 1.82) is 0 Å². The Labute approximate surface area is 85.6 Å². The number of hydrogen-bond donors (Lipinski definition) is 1. The summed E-state index contributed by atoms with van der Waals surface area (Å²) in [5, 5.41) is 9.50. The third-order valence-electron chi connectivity index (χ3n) is 1.69. The summed E-state index contributed by atoms with van der Waals surface area (Å²) in [6.45, 7) is 2.09. The quantitative estimate of drug-likeness (QED) is 0.868. The van der Waals surface area contributed by atoms with Crippen LogP contribution in [-0.2, 0) is 6.42 Å². The Morgan fingerprint density at radius 1 is 1.58 bits per heavy atom. The zero-order chi connectivity index (χ0) is 8.97. The van der Waals surface area contributed by atoms with Crippen molar-refractivity contribution in [1.82, 2.24) is 0 Å². The van der Waals surface area contributed by atoms with E-state index in [2.05, 4.69) is 28.9 Å². The van der Waals surface area contributed by atoms with Crippen LogP contribution in [-0.4, -0.2) is 11.2 Å². The molecule has 0 aliphatic carbocycles. The van der Waals surface area contributed by atoms with Gasteiger partial charge in [-0.15, -0.1) is 11.3 Å². The molecule has 1 heterocycles. The number of aliphatic hydroxyl groups is 1. The van der Waals surface area contributed by atoms with Gasteiger partial charge in [0.25, 0.3) is 0 Å². The molecular formula is C9H13BrOS. The van der Waals surface area contributed by atoms with E-state index in [1.165, 1.54) is 4.88 Å². The van der Waals surface area contributed by atoms with Gasteiger partial charge < -0.3 is 5.11 Å². The summed E-state index contributed by atoms with van der Waals surface area (Å²) in [5.74, 6) is 0. The fourth-order valence-corrected chi connectivity index (χ4v) is 2.68. The molecule has 0 saturated carbocycles. The summed E-state index contributed by atoms with van der Waals surface area (Å²) < 4.78 is 1.14. The summed E-state index contributed by atoms with van der Waals surface area (Å²) in [7, 11) is 0. The van der Waals surface area contributed by atoms with E-state index >= 15 is 0 Å². The van der Waals surface area contributed by atoms with Gasteiger partial charge in [-0.3, -0.25) is 0 Å². The van der Waals surface area contributed by atoms with Crippen molar-refractivity contribution >= 4 is 27.3 Å². The molecule has 1 unspecified atom stereocenters. The van der Waals surface area contributed by atoms with Crippen LogP contribution in [0.4, 0.5) is 0 Å². The van der Waals surface area contributed by atoms with Gasteiger partial charge in [-0.2, -0.15) is 0 Å². The lowest BCUT2D eigenvalue weighted by Gasteiger charge is -2.05. The first kappa shape index (κ1) is 10.2. The highest BCUT2D eigenvalue weighted by Crippen LogP contribution is 2.23. The van der Waals surface area contributed by atoms with Gasteiger partial charge in [0, 0.05) is 11.3 Å². The van der Waals surface area contributed by atoms with Crippen molar-refractivity contribution in [3.8, 4) is 0 Å². The fourth-order valence-electron chi connectivity index (χ4n) is 1.13. The normalized spacial score (nSPS) is 13.2. The highest BCUT2D eigenvalue weighted by atomic mass is 79.9. The summed E-state index contributed by atoms with van der Waals surface area (Å²) in [6, 6.07) is 4.09. The summed E-state index contributed by atoms with van der Waals surface area (Å²) in [6.07, 6.45) is 2.58. The van der Waals surface area contributed by atoms with Crippen LogP contribution in [0.1, 0.15) is 24.6 Å². The molecule has 68 valence electrons. The second-order valence-corrected chi connectivity index (χ2v) is 5.40. The molecular weight excluding hydrogens is 236 g/mol. The largest absolute Gasteiger partial charge is 0.393 e. The zero-order valence-electron chi connectivity index (χ0n) is 7.09. The average molecular weight is 249 g/mol. The maximum absolute atomic E-state index is 9.50. The first-order chi connectivity index (χ1) is 5.72. The van der Waals surface area contributed by atoms with Crippen LogP contribution in [0.3, 0.4) is 0 Å². The highest BCUT2D eigenvalue weighted by Gasteiger charge is 2.05. The van der Waals surface area contributed by atoms with Crippen LogP contribution in [0.25, 0.3) is 0 Å². The molecule has 1 nitrogen and oxygen atoms in total. The van der Waals surface area contributed by atoms with Crippen LogP contribution in [0.2, 0.25) is 0 Å². The molecule has 1 atom stereocenters. The number of hydrogen-bond acceptors (Lipinski definition) is 2. The molecule has 0 amide bonds. The Morgan fingerprint density at radius 2 is 2.33 bits per heavy atom. The summed E-state index contributed by atoms with van der Waals surface area (Å²) in [5.41, 5.74) is 0. The molecule has 0 bridgehead atoms. The van der Waals surface area contributed by atoms with Gasteiger partial charge >= 0.3 is 0 Å². The van der Waals surface area contributed by atoms with E-state index in [9.17, 15) is 5.11 Å². The Hall–Kier alpha value is 0.140. The maximum Gasteiger partial charge on any atom is 0.0701 e. The average Bonchev–Trinajstić information content (AvgIpc) is 2.36. The molecule has 0 spiro atoms. The smallest absolute Gasteiger partial charge is 0.0701 e. The van der Waals surface area contributed by atoms with Crippen LogP contribution in [0.15, 0.2) is 15.9 Å². The van der Waals surface area contributed by atoms with Crippen molar-refractivity contribution in [3.05, 3.63) is 20.8 Å². The molecule has 0 aliphatic rings. The van der Waals surface area contributed by atoms with E-state index in [-0.39, 0.29) is 6.10 Å². The SMILES string of the molecule is CCCC(O)Cc1ccc(Br)s1. The first-order valence-electron chi connectivity index (χ1n) is 4.14. The predicted octanol–water partition coefficient (Wildman–Crippen LogP) is 3.21. The summed E-state index contributed by atoms with van der Waals surface area (Å²) >= 11 is 5.10. The first-order valence-corrected chi connectivity index (χ1v) is 5.75. The lowest BCUT2D eigenvalue weighted by atomic mass is 10.1. The number of aliphatic hydroxyl groups excluding tert-OH is 1. The minimum absolute atomic E-state index is 0.166. The van der Waals surface area contributed by atoms with E-state index in [0.717, 1.165) is 23.0 Å². The van der Waals surface area contributed by atoms with E-state index in [4.69, 9.17) is 0 Å². The zero-order valence-corrected chi connectivity index (χ0v) is 9.49. The molecule has 1 aromatic heterocycles. The van der Waals surface area contributed by atoms with Gasteiger partial charge in [0.15, 0.2) is 0 Å². The van der Waals surface area contributed by atoms with E-state index in [1.54, 1.807) is 11.3 Å². The number of halogens is 1. The van der Waals surface area contributed by atoms with Gasteiger partial charge in [-0.25, -0.2) is 0 Å². The minimum Gasteiger partial charge on any atom is -0.393 e. The van der Waals surface area contributed by atoms with Gasteiger partial charge in [-0.1, -0.05) is 13.3 Å². The lowest BCUT2D eigenvalue weighted by molar-refractivity contribution is 0.165.